The lowest BCUT2D eigenvalue weighted by atomic mass is 9.83. The minimum Gasteiger partial charge on any atom is -0.380 e. The van der Waals surface area contributed by atoms with Crippen molar-refractivity contribution in [2.75, 3.05) is 39.4 Å². The van der Waals surface area contributed by atoms with Crippen molar-refractivity contribution >= 4 is 15.9 Å². The van der Waals surface area contributed by atoms with Crippen molar-refractivity contribution in [2.45, 2.75) is 24.8 Å². The number of carbonyl (C=O) groups excluding carboxylic acids is 1. The van der Waals surface area contributed by atoms with Gasteiger partial charge in [-0.05, 0) is 43.0 Å². The SMILES string of the molecule is CC1(C(=O)N2CC3=C(C2)CN(S(=O)(=O)c2ccccn2)C3)CCCOC1. The molecule has 4 rings (SSSR count). The summed E-state index contributed by atoms with van der Waals surface area (Å²) >= 11 is 0. The Morgan fingerprint density at radius 2 is 1.92 bits per heavy atom. The molecule has 0 radical (unpaired) electrons. The van der Waals surface area contributed by atoms with Gasteiger partial charge in [0.2, 0.25) is 5.91 Å². The van der Waals surface area contributed by atoms with Crippen LogP contribution in [0, 0.1) is 5.41 Å². The van der Waals surface area contributed by atoms with E-state index in [9.17, 15) is 13.2 Å². The standard InChI is InChI=1S/C18H23N3O4S/c1-18(6-4-8-25-13-18)17(22)20-9-14-11-21(12-15(14)10-20)26(23,24)16-5-2-3-7-19-16/h2-3,5,7H,4,6,8-13H2,1H3. The van der Waals surface area contributed by atoms with E-state index in [1.54, 1.807) is 12.1 Å². The van der Waals surface area contributed by atoms with Crippen LogP contribution in [-0.2, 0) is 19.6 Å². The van der Waals surface area contributed by atoms with Crippen LogP contribution in [0.2, 0.25) is 0 Å². The minimum absolute atomic E-state index is 0.0703. The molecule has 1 fully saturated rings. The van der Waals surface area contributed by atoms with E-state index in [4.69, 9.17) is 4.74 Å². The molecule has 1 aromatic heterocycles. The molecule has 1 amide bonds. The summed E-state index contributed by atoms with van der Waals surface area (Å²) in [5, 5.41) is 0.0703. The third kappa shape index (κ3) is 2.95. The number of hydrogen-bond donors (Lipinski definition) is 0. The van der Waals surface area contributed by atoms with Gasteiger partial charge in [0.15, 0.2) is 5.03 Å². The van der Waals surface area contributed by atoms with Crippen LogP contribution in [0.5, 0.6) is 0 Å². The number of rotatable bonds is 3. The molecule has 0 aliphatic carbocycles. The maximum Gasteiger partial charge on any atom is 0.261 e. The van der Waals surface area contributed by atoms with Gasteiger partial charge in [-0.15, -0.1) is 0 Å². The zero-order chi connectivity index (χ0) is 18.4. The molecule has 1 unspecified atom stereocenters. The van der Waals surface area contributed by atoms with Crippen LogP contribution in [0.3, 0.4) is 0 Å². The Balaban J connectivity index is 1.43. The summed E-state index contributed by atoms with van der Waals surface area (Å²) in [6.07, 6.45) is 3.23. The predicted octanol–water partition coefficient (Wildman–Crippen LogP) is 1.04. The average Bonchev–Trinajstić information content (AvgIpc) is 3.22. The maximum absolute atomic E-state index is 12.9. The number of carbonyl (C=O) groups is 1. The normalized spacial score (nSPS) is 27.0. The monoisotopic (exact) mass is 377 g/mol. The van der Waals surface area contributed by atoms with Gasteiger partial charge < -0.3 is 9.64 Å². The molecule has 0 aromatic carbocycles. The van der Waals surface area contributed by atoms with Crippen molar-refractivity contribution in [1.82, 2.24) is 14.2 Å². The van der Waals surface area contributed by atoms with Crippen LogP contribution < -0.4 is 0 Å². The number of aromatic nitrogens is 1. The Bertz CT molecular complexity index is 826. The lowest BCUT2D eigenvalue weighted by molar-refractivity contribution is -0.147. The molecule has 140 valence electrons. The van der Waals surface area contributed by atoms with Gasteiger partial charge in [-0.3, -0.25) is 4.79 Å². The highest BCUT2D eigenvalue weighted by Gasteiger charge is 2.43. The van der Waals surface area contributed by atoms with Crippen LogP contribution in [0.4, 0.5) is 0 Å². The van der Waals surface area contributed by atoms with Gasteiger partial charge in [0.1, 0.15) is 0 Å². The van der Waals surface area contributed by atoms with E-state index in [-0.39, 0.29) is 10.9 Å². The van der Waals surface area contributed by atoms with Gasteiger partial charge in [0.05, 0.1) is 12.0 Å². The lowest BCUT2D eigenvalue weighted by Crippen LogP contribution is -2.47. The van der Waals surface area contributed by atoms with Crippen molar-refractivity contribution in [3.8, 4) is 0 Å². The third-order valence-electron chi connectivity index (χ3n) is 5.48. The van der Waals surface area contributed by atoms with E-state index < -0.39 is 15.4 Å². The highest BCUT2D eigenvalue weighted by atomic mass is 32.2. The highest BCUT2D eigenvalue weighted by molar-refractivity contribution is 7.89. The van der Waals surface area contributed by atoms with E-state index in [0.717, 1.165) is 30.6 Å². The van der Waals surface area contributed by atoms with Crippen LogP contribution >= 0.6 is 0 Å². The van der Waals surface area contributed by atoms with E-state index in [1.807, 2.05) is 11.8 Å². The Hall–Kier alpha value is -1.77. The molecular formula is C18H23N3O4S. The summed E-state index contributed by atoms with van der Waals surface area (Å²) in [4.78, 5) is 18.8. The molecule has 1 saturated heterocycles. The summed E-state index contributed by atoms with van der Waals surface area (Å²) in [7, 11) is -3.59. The summed E-state index contributed by atoms with van der Waals surface area (Å²) in [6.45, 7) is 4.85. The molecule has 3 aliphatic rings. The number of pyridine rings is 1. The van der Waals surface area contributed by atoms with Gasteiger partial charge in [0, 0.05) is 39.0 Å². The smallest absolute Gasteiger partial charge is 0.261 e. The van der Waals surface area contributed by atoms with Crippen molar-refractivity contribution in [3.63, 3.8) is 0 Å². The molecule has 0 bridgehead atoms. The third-order valence-corrected chi connectivity index (χ3v) is 7.19. The molecule has 7 nitrogen and oxygen atoms in total. The molecule has 0 spiro atoms. The molecule has 1 aromatic rings. The zero-order valence-electron chi connectivity index (χ0n) is 14.8. The summed E-state index contributed by atoms with van der Waals surface area (Å²) in [5.74, 6) is 0.116. The van der Waals surface area contributed by atoms with Gasteiger partial charge in [-0.25, -0.2) is 13.4 Å². The van der Waals surface area contributed by atoms with Crippen LogP contribution in [0.1, 0.15) is 19.8 Å². The molecule has 1 atom stereocenters. The van der Waals surface area contributed by atoms with E-state index in [2.05, 4.69) is 4.98 Å². The van der Waals surface area contributed by atoms with Crippen molar-refractivity contribution in [1.29, 1.82) is 0 Å². The second kappa shape index (κ2) is 6.44. The molecule has 4 heterocycles. The molecule has 26 heavy (non-hydrogen) atoms. The quantitative estimate of drug-likeness (QED) is 0.736. The zero-order valence-corrected chi connectivity index (χ0v) is 15.7. The second-order valence-corrected chi connectivity index (χ2v) is 9.41. The molecule has 3 aliphatic heterocycles. The highest BCUT2D eigenvalue weighted by Crippen LogP contribution is 2.35. The largest absolute Gasteiger partial charge is 0.380 e. The molecule has 0 N–H and O–H groups in total. The minimum atomic E-state index is -3.59. The number of sulfonamides is 1. The first-order valence-electron chi connectivity index (χ1n) is 8.88. The summed E-state index contributed by atoms with van der Waals surface area (Å²) in [6, 6.07) is 4.88. The average molecular weight is 377 g/mol. The first-order valence-corrected chi connectivity index (χ1v) is 10.3. The van der Waals surface area contributed by atoms with E-state index in [0.29, 0.717) is 32.8 Å². The van der Waals surface area contributed by atoms with Gasteiger partial charge in [-0.1, -0.05) is 6.07 Å². The second-order valence-electron chi connectivity index (χ2n) is 7.53. The van der Waals surface area contributed by atoms with Crippen LogP contribution in [0.15, 0.2) is 40.6 Å². The van der Waals surface area contributed by atoms with Crippen LogP contribution in [-0.4, -0.2) is 67.9 Å². The Labute approximate surface area is 153 Å². The van der Waals surface area contributed by atoms with Crippen molar-refractivity contribution < 1.29 is 17.9 Å². The fourth-order valence-electron chi connectivity index (χ4n) is 3.98. The number of nitrogens with zero attached hydrogens (tertiary/aromatic N) is 3. The van der Waals surface area contributed by atoms with Crippen LogP contribution in [0.25, 0.3) is 0 Å². The molecule has 8 heteroatoms. The Morgan fingerprint density at radius 1 is 1.19 bits per heavy atom. The lowest BCUT2D eigenvalue weighted by Gasteiger charge is -2.36. The van der Waals surface area contributed by atoms with E-state index in [1.165, 1.54) is 16.6 Å². The molecular weight excluding hydrogens is 354 g/mol. The van der Waals surface area contributed by atoms with Crippen molar-refractivity contribution in [2.24, 2.45) is 5.41 Å². The predicted molar refractivity (Wildman–Crippen MR) is 94.8 cm³/mol. The molecule has 0 saturated carbocycles. The number of hydrogen-bond acceptors (Lipinski definition) is 5. The summed E-state index contributed by atoms with van der Waals surface area (Å²) in [5.41, 5.74) is 1.62. The topological polar surface area (TPSA) is 79.8 Å². The van der Waals surface area contributed by atoms with Gasteiger partial charge >= 0.3 is 0 Å². The number of amides is 1. The fourth-order valence-corrected chi connectivity index (χ4v) is 5.34. The van der Waals surface area contributed by atoms with E-state index >= 15 is 0 Å². The van der Waals surface area contributed by atoms with Gasteiger partial charge in [0.25, 0.3) is 10.0 Å². The number of ether oxygens (including phenoxy) is 1. The Kier molecular flexibility index (Phi) is 4.37. The first kappa shape index (κ1) is 17.6. The van der Waals surface area contributed by atoms with Crippen molar-refractivity contribution in [3.05, 3.63) is 35.5 Å². The fraction of sp³-hybridized carbons (Fsp3) is 0.556. The Morgan fingerprint density at radius 3 is 2.50 bits per heavy atom. The first-order chi connectivity index (χ1) is 12.4. The maximum atomic E-state index is 12.9. The summed E-state index contributed by atoms with van der Waals surface area (Å²) < 4.78 is 32.4. The van der Waals surface area contributed by atoms with Gasteiger partial charge in [-0.2, -0.15) is 4.31 Å².